The van der Waals surface area contributed by atoms with Gasteiger partial charge >= 0.3 is 5.97 Å². The zero-order valence-electron chi connectivity index (χ0n) is 10.7. The van der Waals surface area contributed by atoms with Crippen LogP contribution in [0.1, 0.15) is 10.4 Å². The number of methoxy groups -OCH3 is 1. The standard InChI is InChI=1S/C13H9BrF2N2O3/c1-21-13(19)8-3-4-9(15)11(16)12(8)17-10-5-2-7(14)6-18(10)20/h2-6,17H,1H3. The Morgan fingerprint density at radius 3 is 2.67 bits per heavy atom. The lowest BCUT2D eigenvalue weighted by atomic mass is 10.1. The molecule has 2 aromatic rings. The highest BCUT2D eigenvalue weighted by molar-refractivity contribution is 9.10. The number of pyridine rings is 1. The fraction of sp³-hybridized carbons (Fsp3) is 0.0769. The van der Waals surface area contributed by atoms with Crippen LogP contribution >= 0.6 is 15.9 Å². The van der Waals surface area contributed by atoms with E-state index >= 15 is 0 Å². The number of ether oxygens (including phenoxy) is 1. The fourth-order valence-electron chi connectivity index (χ4n) is 1.63. The van der Waals surface area contributed by atoms with E-state index in [1.165, 1.54) is 18.3 Å². The summed E-state index contributed by atoms with van der Waals surface area (Å²) in [5, 5.41) is 14.1. The van der Waals surface area contributed by atoms with Gasteiger partial charge in [-0.15, -0.1) is 0 Å². The van der Waals surface area contributed by atoms with E-state index in [9.17, 15) is 18.8 Å². The van der Waals surface area contributed by atoms with Crippen LogP contribution < -0.4 is 10.0 Å². The summed E-state index contributed by atoms with van der Waals surface area (Å²) in [6.45, 7) is 0. The number of hydrogen-bond acceptors (Lipinski definition) is 4. The van der Waals surface area contributed by atoms with Gasteiger partial charge in [0.25, 0.3) is 5.82 Å². The molecule has 0 radical (unpaired) electrons. The van der Waals surface area contributed by atoms with Gasteiger partial charge in [-0.1, -0.05) is 0 Å². The van der Waals surface area contributed by atoms with E-state index in [1.54, 1.807) is 0 Å². The summed E-state index contributed by atoms with van der Waals surface area (Å²) in [5.41, 5.74) is -0.687. The second-order valence-electron chi connectivity index (χ2n) is 3.96. The minimum atomic E-state index is -1.28. The Kier molecular flexibility index (Phi) is 4.37. The van der Waals surface area contributed by atoms with Gasteiger partial charge in [-0.25, -0.2) is 19.2 Å². The minimum absolute atomic E-state index is 0.0761. The van der Waals surface area contributed by atoms with Crippen LogP contribution in [0, 0.1) is 16.8 Å². The molecule has 0 aliphatic heterocycles. The van der Waals surface area contributed by atoms with Crippen molar-refractivity contribution in [3.8, 4) is 0 Å². The van der Waals surface area contributed by atoms with E-state index in [4.69, 9.17) is 0 Å². The zero-order chi connectivity index (χ0) is 15.6. The Labute approximate surface area is 126 Å². The molecular weight excluding hydrogens is 350 g/mol. The average Bonchev–Trinajstić information content (AvgIpc) is 2.45. The Morgan fingerprint density at radius 1 is 1.33 bits per heavy atom. The maximum absolute atomic E-state index is 13.9. The number of halogens is 3. The zero-order valence-corrected chi connectivity index (χ0v) is 12.3. The lowest BCUT2D eigenvalue weighted by Gasteiger charge is -2.11. The third-order valence-corrected chi connectivity index (χ3v) is 3.10. The van der Waals surface area contributed by atoms with Crippen LogP contribution in [-0.2, 0) is 4.74 Å². The molecule has 0 fully saturated rings. The van der Waals surface area contributed by atoms with Crippen LogP contribution in [0.3, 0.4) is 0 Å². The molecule has 1 heterocycles. The van der Waals surface area contributed by atoms with Crippen molar-refractivity contribution in [1.29, 1.82) is 0 Å². The van der Waals surface area contributed by atoms with Crippen molar-refractivity contribution in [3.63, 3.8) is 0 Å². The van der Waals surface area contributed by atoms with Gasteiger partial charge in [-0.05, 0) is 34.1 Å². The first-order valence-electron chi connectivity index (χ1n) is 5.66. The highest BCUT2D eigenvalue weighted by atomic mass is 79.9. The molecule has 1 aromatic heterocycles. The number of anilines is 2. The van der Waals surface area contributed by atoms with Crippen molar-refractivity contribution in [3.05, 3.63) is 57.3 Å². The van der Waals surface area contributed by atoms with Gasteiger partial charge in [-0.2, -0.15) is 4.39 Å². The first-order valence-corrected chi connectivity index (χ1v) is 6.45. The maximum atomic E-state index is 13.9. The second kappa shape index (κ2) is 6.04. The number of hydrogen-bond donors (Lipinski definition) is 1. The predicted molar refractivity (Wildman–Crippen MR) is 74.1 cm³/mol. The molecule has 0 aliphatic carbocycles. The molecule has 0 unspecified atom stereocenters. The van der Waals surface area contributed by atoms with E-state index in [2.05, 4.69) is 26.0 Å². The van der Waals surface area contributed by atoms with Crippen molar-refractivity contribution < 1.29 is 23.0 Å². The fourth-order valence-corrected chi connectivity index (χ4v) is 1.95. The molecule has 8 heteroatoms. The van der Waals surface area contributed by atoms with Crippen molar-refractivity contribution in [2.45, 2.75) is 0 Å². The summed E-state index contributed by atoms with van der Waals surface area (Å²) in [4.78, 5) is 11.6. The van der Waals surface area contributed by atoms with Crippen LogP contribution in [0.5, 0.6) is 0 Å². The van der Waals surface area contributed by atoms with Crippen molar-refractivity contribution in [2.24, 2.45) is 0 Å². The third-order valence-electron chi connectivity index (χ3n) is 2.63. The Hall–Kier alpha value is -2.22. The summed E-state index contributed by atoms with van der Waals surface area (Å²) in [5.74, 6) is -3.36. The average molecular weight is 359 g/mol. The van der Waals surface area contributed by atoms with Gasteiger partial charge in [0.1, 0.15) is 11.8 Å². The first kappa shape index (κ1) is 15.2. The van der Waals surface area contributed by atoms with Crippen molar-refractivity contribution in [1.82, 2.24) is 0 Å². The molecule has 0 spiro atoms. The lowest BCUT2D eigenvalue weighted by Crippen LogP contribution is -2.29. The monoisotopic (exact) mass is 358 g/mol. The Bertz CT molecular complexity index is 710. The van der Waals surface area contributed by atoms with Gasteiger partial charge in [0.05, 0.1) is 11.6 Å². The summed E-state index contributed by atoms with van der Waals surface area (Å²) < 4.78 is 32.6. The number of benzene rings is 1. The van der Waals surface area contributed by atoms with E-state index in [0.29, 0.717) is 9.20 Å². The number of esters is 1. The smallest absolute Gasteiger partial charge is 0.342 e. The molecular formula is C13H9BrF2N2O3. The number of nitrogens with zero attached hydrogens (tertiary/aromatic N) is 1. The summed E-state index contributed by atoms with van der Waals surface area (Å²) in [6.07, 6.45) is 1.18. The predicted octanol–water partition coefficient (Wildman–Crippen LogP) is 2.89. The largest absolute Gasteiger partial charge is 0.711 e. The Balaban J connectivity index is 2.51. The molecule has 1 N–H and O–H groups in total. The van der Waals surface area contributed by atoms with E-state index in [-0.39, 0.29) is 11.4 Å². The van der Waals surface area contributed by atoms with Crippen LogP contribution in [-0.4, -0.2) is 13.1 Å². The summed E-state index contributed by atoms with van der Waals surface area (Å²) >= 11 is 3.10. The normalized spacial score (nSPS) is 10.3. The number of aromatic nitrogens is 1. The molecule has 2 rings (SSSR count). The molecule has 0 bridgehead atoms. The van der Waals surface area contributed by atoms with Crippen LogP contribution in [0.4, 0.5) is 20.3 Å². The van der Waals surface area contributed by atoms with Crippen LogP contribution in [0.25, 0.3) is 0 Å². The minimum Gasteiger partial charge on any atom is -0.711 e. The number of carbonyl (C=O) groups is 1. The maximum Gasteiger partial charge on any atom is 0.342 e. The van der Waals surface area contributed by atoms with E-state index in [1.807, 2.05) is 0 Å². The van der Waals surface area contributed by atoms with E-state index in [0.717, 1.165) is 19.2 Å². The van der Waals surface area contributed by atoms with Crippen molar-refractivity contribution >= 4 is 33.4 Å². The molecule has 0 saturated heterocycles. The third kappa shape index (κ3) is 3.10. The molecule has 0 aliphatic rings. The lowest BCUT2D eigenvalue weighted by molar-refractivity contribution is -0.590. The van der Waals surface area contributed by atoms with Crippen LogP contribution in [0.15, 0.2) is 34.9 Å². The van der Waals surface area contributed by atoms with Gasteiger partial charge < -0.3 is 9.94 Å². The first-order chi connectivity index (χ1) is 9.93. The molecule has 5 nitrogen and oxygen atoms in total. The van der Waals surface area contributed by atoms with Crippen molar-refractivity contribution in [2.75, 3.05) is 12.4 Å². The van der Waals surface area contributed by atoms with E-state index < -0.39 is 23.3 Å². The van der Waals surface area contributed by atoms with Gasteiger partial charge in [0.15, 0.2) is 11.5 Å². The molecule has 0 atom stereocenters. The summed E-state index contributed by atoms with van der Waals surface area (Å²) in [7, 11) is 1.11. The summed E-state index contributed by atoms with van der Waals surface area (Å²) in [6, 6.07) is 4.76. The quantitative estimate of drug-likeness (QED) is 0.520. The van der Waals surface area contributed by atoms with Gasteiger partial charge in [0, 0.05) is 6.07 Å². The topological polar surface area (TPSA) is 65.3 Å². The highest BCUT2D eigenvalue weighted by Crippen LogP contribution is 2.26. The number of rotatable bonds is 3. The Morgan fingerprint density at radius 2 is 2.05 bits per heavy atom. The molecule has 0 saturated carbocycles. The molecule has 1 aromatic carbocycles. The van der Waals surface area contributed by atoms with Gasteiger partial charge in [-0.3, -0.25) is 0 Å². The number of carbonyl (C=O) groups excluding carboxylic acids is 1. The second-order valence-corrected chi connectivity index (χ2v) is 4.87. The highest BCUT2D eigenvalue weighted by Gasteiger charge is 2.23. The molecule has 21 heavy (non-hydrogen) atoms. The van der Waals surface area contributed by atoms with Crippen LogP contribution in [0.2, 0.25) is 0 Å². The molecule has 0 amide bonds. The molecule has 110 valence electrons. The number of nitrogens with one attached hydrogen (secondary N) is 1. The van der Waals surface area contributed by atoms with Gasteiger partial charge in [0.2, 0.25) is 5.82 Å². The SMILES string of the molecule is COC(=O)c1ccc(F)c(F)c1Nc1ccc(Br)c[n+]1[O-].